The normalized spacial score (nSPS) is 10.8. The van der Waals surface area contributed by atoms with E-state index in [1.54, 1.807) is 46.2 Å². The molecule has 0 radical (unpaired) electrons. The molecule has 0 unspecified atom stereocenters. The highest BCUT2D eigenvalue weighted by molar-refractivity contribution is 6.31. The third-order valence-electron chi connectivity index (χ3n) is 4.68. The van der Waals surface area contributed by atoms with Crippen LogP contribution in [0.4, 0.5) is 5.69 Å². The number of benzene rings is 2. The van der Waals surface area contributed by atoms with E-state index in [-0.39, 0.29) is 12.6 Å². The molecule has 0 aliphatic rings. The molecule has 1 amide bonds. The zero-order valence-corrected chi connectivity index (χ0v) is 18.0. The average molecular weight is 436 g/mol. The number of halogens is 1. The maximum Gasteiger partial charge on any atom is 0.276 e. The van der Waals surface area contributed by atoms with Crippen molar-refractivity contribution >= 4 is 23.2 Å². The lowest BCUT2D eigenvalue weighted by atomic mass is 10.1. The highest BCUT2D eigenvalue weighted by Crippen LogP contribution is 2.21. The molecule has 0 aliphatic heterocycles. The van der Waals surface area contributed by atoms with Crippen LogP contribution < -0.4 is 10.1 Å². The summed E-state index contributed by atoms with van der Waals surface area (Å²) < 4.78 is 9.04. The SMILES string of the molecule is Cc1cccc(Cn2cc(NC(=O)c3ccn(COc4ccc(Cl)c(C)c4)n3)cn2)c1. The molecule has 4 rings (SSSR count). The molecule has 0 atom stereocenters. The second-order valence-corrected chi connectivity index (χ2v) is 7.70. The Morgan fingerprint density at radius 1 is 1.13 bits per heavy atom. The van der Waals surface area contributed by atoms with Crippen molar-refractivity contribution in [2.24, 2.45) is 0 Å². The number of aryl methyl sites for hydroxylation is 2. The van der Waals surface area contributed by atoms with Crippen molar-refractivity contribution < 1.29 is 9.53 Å². The lowest BCUT2D eigenvalue weighted by molar-refractivity contribution is 0.102. The molecular weight excluding hydrogens is 414 g/mol. The van der Waals surface area contributed by atoms with Gasteiger partial charge in [-0.05, 0) is 49.2 Å². The minimum atomic E-state index is -0.309. The molecule has 158 valence electrons. The average Bonchev–Trinajstić information content (AvgIpc) is 3.38. The summed E-state index contributed by atoms with van der Waals surface area (Å²) in [4.78, 5) is 12.5. The van der Waals surface area contributed by atoms with Gasteiger partial charge in [0.1, 0.15) is 5.75 Å². The topological polar surface area (TPSA) is 74.0 Å². The lowest BCUT2D eigenvalue weighted by Crippen LogP contribution is -2.14. The van der Waals surface area contributed by atoms with Crippen molar-refractivity contribution in [2.45, 2.75) is 27.1 Å². The number of nitrogens with one attached hydrogen (secondary N) is 1. The number of carbonyl (C=O) groups is 1. The smallest absolute Gasteiger partial charge is 0.276 e. The van der Waals surface area contributed by atoms with Crippen LogP contribution in [0.15, 0.2) is 67.1 Å². The molecule has 0 bridgehead atoms. The van der Waals surface area contributed by atoms with Crippen LogP contribution in [-0.4, -0.2) is 25.5 Å². The summed E-state index contributed by atoms with van der Waals surface area (Å²) in [5.74, 6) is 0.376. The highest BCUT2D eigenvalue weighted by atomic mass is 35.5. The molecule has 7 nitrogen and oxygen atoms in total. The van der Waals surface area contributed by atoms with Crippen LogP contribution in [-0.2, 0) is 13.3 Å². The Kier molecular flexibility index (Phi) is 6.04. The van der Waals surface area contributed by atoms with E-state index in [1.807, 2.05) is 25.1 Å². The number of hydrogen-bond acceptors (Lipinski definition) is 4. The fraction of sp³-hybridized carbons (Fsp3) is 0.174. The molecule has 2 aromatic heterocycles. The Morgan fingerprint density at radius 3 is 2.81 bits per heavy atom. The molecule has 0 aliphatic carbocycles. The maximum atomic E-state index is 12.5. The predicted molar refractivity (Wildman–Crippen MR) is 120 cm³/mol. The lowest BCUT2D eigenvalue weighted by Gasteiger charge is -2.07. The van der Waals surface area contributed by atoms with Gasteiger partial charge in [0.15, 0.2) is 12.4 Å². The summed E-state index contributed by atoms with van der Waals surface area (Å²) in [6, 6.07) is 15.3. The summed E-state index contributed by atoms with van der Waals surface area (Å²) in [5, 5.41) is 12.1. The predicted octanol–water partition coefficient (Wildman–Crippen LogP) is 4.69. The van der Waals surface area contributed by atoms with E-state index in [4.69, 9.17) is 16.3 Å². The van der Waals surface area contributed by atoms with Gasteiger partial charge in [0.05, 0.1) is 18.4 Å². The third kappa shape index (κ3) is 5.32. The molecule has 0 fully saturated rings. The summed E-state index contributed by atoms with van der Waals surface area (Å²) in [7, 11) is 0. The number of aromatic nitrogens is 4. The molecule has 31 heavy (non-hydrogen) atoms. The van der Waals surface area contributed by atoms with Crippen LogP contribution in [0.2, 0.25) is 5.02 Å². The molecular formula is C23H22ClN5O2. The fourth-order valence-corrected chi connectivity index (χ4v) is 3.23. The Morgan fingerprint density at radius 2 is 2.00 bits per heavy atom. The van der Waals surface area contributed by atoms with Gasteiger partial charge in [-0.1, -0.05) is 41.4 Å². The second-order valence-electron chi connectivity index (χ2n) is 7.29. The molecule has 4 aromatic rings. The first-order valence-corrected chi connectivity index (χ1v) is 10.2. The van der Waals surface area contributed by atoms with Gasteiger partial charge in [-0.2, -0.15) is 10.2 Å². The number of rotatable bonds is 7. The third-order valence-corrected chi connectivity index (χ3v) is 5.11. The van der Waals surface area contributed by atoms with Crippen molar-refractivity contribution in [1.82, 2.24) is 19.6 Å². The Hall–Kier alpha value is -3.58. The van der Waals surface area contributed by atoms with Crippen LogP contribution in [0.1, 0.15) is 27.2 Å². The van der Waals surface area contributed by atoms with Gasteiger partial charge in [-0.15, -0.1) is 0 Å². The Balaban J connectivity index is 1.33. The molecule has 2 aromatic carbocycles. The minimum absolute atomic E-state index is 0.183. The molecule has 0 spiro atoms. The van der Waals surface area contributed by atoms with Crippen LogP contribution in [0.25, 0.3) is 0 Å². The van der Waals surface area contributed by atoms with E-state index >= 15 is 0 Å². The fourth-order valence-electron chi connectivity index (χ4n) is 3.11. The van der Waals surface area contributed by atoms with Gasteiger partial charge in [-0.25, -0.2) is 4.68 Å². The van der Waals surface area contributed by atoms with E-state index in [0.717, 1.165) is 11.1 Å². The van der Waals surface area contributed by atoms with Crippen molar-refractivity contribution in [3.05, 3.63) is 94.5 Å². The van der Waals surface area contributed by atoms with E-state index in [9.17, 15) is 4.79 Å². The van der Waals surface area contributed by atoms with Crippen LogP contribution >= 0.6 is 11.6 Å². The Bertz CT molecular complexity index is 1210. The first-order valence-electron chi connectivity index (χ1n) is 9.78. The zero-order chi connectivity index (χ0) is 21.8. The van der Waals surface area contributed by atoms with Gasteiger partial charge in [0.2, 0.25) is 0 Å². The quantitative estimate of drug-likeness (QED) is 0.457. The number of carbonyl (C=O) groups excluding carboxylic acids is 1. The van der Waals surface area contributed by atoms with Crippen molar-refractivity contribution in [3.8, 4) is 5.75 Å². The summed E-state index contributed by atoms with van der Waals surface area (Å²) in [6.07, 6.45) is 5.11. The highest BCUT2D eigenvalue weighted by Gasteiger charge is 2.11. The molecule has 0 saturated carbocycles. The second kappa shape index (κ2) is 9.06. The van der Waals surface area contributed by atoms with Crippen molar-refractivity contribution in [3.63, 3.8) is 0 Å². The monoisotopic (exact) mass is 435 g/mol. The van der Waals surface area contributed by atoms with Crippen LogP contribution in [0.5, 0.6) is 5.75 Å². The number of anilines is 1. The van der Waals surface area contributed by atoms with E-state index in [0.29, 0.717) is 28.7 Å². The van der Waals surface area contributed by atoms with Gasteiger partial charge in [0.25, 0.3) is 5.91 Å². The largest absolute Gasteiger partial charge is 0.471 e. The van der Waals surface area contributed by atoms with E-state index in [2.05, 4.69) is 34.6 Å². The minimum Gasteiger partial charge on any atom is -0.471 e. The van der Waals surface area contributed by atoms with Crippen molar-refractivity contribution in [1.29, 1.82) is 0 Å². The molecule has 8 heteroatoms. The van der Waals surface area contributed by atoms with Gasteiger partial charge >= 0.3 is 0 Å². The molecule has 0 saturated heterocycles. The first kappa shape index (κ1) is 20.7. The maximum absolute atomic E-state index is 12.5. The molecule has 2 heterocycles. The Labute approximate surface area is 185 Å². The summed E-state index contributed by atoms with van der Waals surface area (Å²) in [5.41, 5.74) is 4.18. The number of ether oxygens (including phenoxy) is 1. The van der Waals surface area contributed by atoms with E-state index < -0.39 is 0 Å². The van der Waals surface area contributed by atoms with Crippen LogP contribution in [0.3, 0.4) is 0 Å². The van der Waals surface area contributed by atoms with E-state index in [1.165, 1.54) is 5.56 Å². The van der Waals surface area contributed by atoms with Crippen LogP contribution in [0, 0.1) is 13.8 Å². The summed E-state index contributed by atoms with van der Waals surface area (Å²) >= 11 is 6.03. The zero-order valence-electron chi connectivity index (χ0n) is 17.2. The number of hydrogen-bond donors (Lipinski definition) is 1. The molecule has 1 N–H and O–H groups in total. The van der Waals surface area contributed by atoms with Crippen molar-refractivity contribution in [2.75, 3.05) is 5.32 Å². The number of amides is 1. The standard InChI is InChI=1S/C23H22ClN5O2/c1-16-4-3-5-18(10-16)13-29-14-19(12-25-29)26-23(30)22-8-9-28(27-22)15-31-20-6-7-21(24)17(2)11-20/h3-12,14H,13,15H2,1-2H3,(H,26,30). The first-order chi connectivity index (χ1) is 15.0. The van der Waals surface area contributed by atoms with Gasteiger partial charge < -0.3 is 10.1 Å². The van der Waals surface area contributed by atoms with Gasteiger partial charge in [-0.3, -0.25) is 9.48 Å². The van der Waals surface area contributed by atoms with Gasteiger partial charge in [0, 0.05) is 17.4 Å². The number of nitrogens with zero attached hydrogens (tertiary/aromatic N) is 4. The summed E-state index contributed by atoms with van der Waals surface area (Å²) in [6.45, 7) is 4.78.